The molecule has 9 nitrogen and oxygen atoms in total. The summed E-state index contributed by atoms with van der Waals surface area (Å²) in [5.41, 5.74) is 1.89. The van der Waals surface area contributed by atoms with E-state index in [1.165, 1.54) is 40.6 Å². The Morgan fingerprint density at radius 2 is 1.69 bits per heavy atom. The lowest BCUT2D eigenvalue weighted by atomic mass is 9.95. The molecule has 186 valence electrons. The summed E-state index contributed by atoms with van der Waals surface area (Å²) in [6, 6.07) is 12.3. The number of hydrogen-bond donors (Lipinski definition) is 1. The van der Waals surface area contributed by atoms with Crippen molar-refractivity contribution in [2.75, 3.05) is 46.6 Å². The molecule has 0 aliphatic carbocycles. The van der Waals surface area contributed by atoms with Crippen molar-refractivity contribution in [1.29, 1.82) is 0 Å². The van der Waals surface area contributed by atoms with Gasteiger partial charge in [-0.25, -0.2) is 8.42 Å². The van der Waals surface area contributed by atoms with Crippen molar-refractivity contribution < 1.29 is 32.6 Å². The smallest absolute Gasteiger partial charge is 0.295 e. The normalized spacial score (nSPS) is 21.0. The van der Waals surface area contributed by atoms with Gasteiger partial charge < -0.3 is 19.5 Å². The lowest BCUT2D eigenvalue weighted by Gasteiger charge is -2.26. The number of carbonyl (C=O) groups excluding carboxylic acids is 2. The Hall–Kier alpha value is -3.05. The molecule has 1 N–H and O–H groups in total. The van der Waals surface area contributed by atoms with Crippen LogP contribution in [0, 0.1) is 6.92 Å². The van der Waals surface area contributed by atoms with Gasteiger partial charge in [0.05, 0.1) is 36.3 Å². The number of benzene rings is 2. The maximum absolute atomic E-state index is 13.0. The van der Waals surface area contributed by atoms with Gasteiger partial charge in [0.15, 0.2) is 0 Å². The molecule has 2 heterocycles. The van der Waals surface area contributed by atoms with Crippen LogP contribution >= 0.6 is 0 Å². The van der Waals surface area contributed by atoms with E-state index < -0.39 is 27.8 Å². The molecular formula is C25H28N2O7S. The van der Waals surface area contributed by atoms with Crippen molar-refractivity contribution in [2.24, 2.45) is 0 Å². The number of ketones is 1. The molecule has 10 heteroatoms. The average molecular weight is 501 g/mol. The third kappa shape index (κ3) is 4.87. The van der Waals surface area contributed by atoms with Gasteiger partial charge in [-0.1, -0.05) is 29.8 Å². The number of rotatable bonds is 7. The van der Waals surface area contributed by atoms with Crippen molar-refractivity contribution >= 4 is 27.5 Å². The molecule has 2 aliphatic heterocycles. The number of aliphatic hydroxyl groups excluding tert-OH is 1. The second-order valence-corrected chi connectivity index (χ2v) is 10.4. The highest BCUT2D eigenvalue weighted by Crippen LogP contribution is 2.39. The first-order valence-corrected chi connectivity index (χ1v) is 12.7. The molecule has 2 aromatic carbocycles. The molecule has 2 aliphatic rings. The molecular weight excluding hydrogens is 472 g/mol. The molecule has 1 amide bonds. The molecule has 4 rings (SSSR count). The van der Waals surface area contributed by atoms with E-state index in [1.807, 2.05) is 31.2 Å². The number of likely N-dealkylation sites (tertiary alicyclic amines) is 1. The van der Waals surface area contributed by atoms with Gasteiger partial charge in [-0.15, -0.1) is 0 Å². The third-order valence-corrected chi connectivity index (χ3v) is 8.12. The predicted octanol–water partition coefficient (Wildman–Crippen LogP) is 2.08. The van der Waals surface area contributed by atoms with Crippen LogP contribution in [0.4, 0.5) is 0 Å². The van der Waals surface area contributed by atoms with Crippen LogP contribution in [0.2, 0.25) is 0 Å². The van der Waals surface area contributed by atoms with Crippen LogP contribution in [0.3, 0.4) is 0 Å². The summed E-state index contributed by atoms with van der Waals surface area (Å²) in [6.07, 6.45) is 0. The molecule has 2 fully saturated rings. The Labute approximate surface area is 204 Å². The Kier molecular flexibility index (Phi) is 7.36. The fourth-order valence-electron chi connectivity index (χ4n) is 4.27. The molecule has 2 aromatic rings. The van der Waals surface area contributed by atoms with Crippen LogP contribution in [-0.2, 0) is 29.1 Å². The summed E-state index contributed by atoms with van der Waals surface area (Å²) in [7, 11) is -2.20. The predicted molar refractivity (Wildman–Crippen MR) is 128 cm³/mol. The summed E-state index contributed by atoms with van der Waals surface area (Å²) >= 11 is 0. The third-order valence-electron chi connectivity index (χ3n) is 6.20. The first-order valence-electron chi connectivity index (χ1n) is 11.3. The van der Waals surface area contributed by atoms with E-state index in [4.69, 9.17) is 9.47 Å². The second-order valence-electron chi connectivity index (χ2n) is 8.44. The number of sulfonamides is 1. The van der Waals surface area contributed by atoms with Crippen LogP contribution in [0.1, 0.15) is 22.7 Å². The summed E-state index contributed by atoms with van der Waals surface area (Å²) < 4.78 is 37.5. The van der Waals surface area contributed by atoms with Crippen molar-refractivity contribution in [1.82, 2.24) is 9.21 Å². The summed E-state index contributed by atoms with van der Waals surface area (Å²) in [5.74, 6) is -1.88. The number of carbonyl (C=O) groups is 2. The molecule has 1 atom stereocenters. The van der Waals surface area contributed by atoms with Crippen LogP contribution < -0.4 is 0 Å². The van der Waals surface area contributed by atoms with Gasteiger partial charge in [0.2, 0.25) is 10.0 Å². The summed E-state index contributed by atoms with van der Waals surface area (Å²) in [4.78, 5) is 27.3. The fourth-order valence-corrected chi connectivity index (χ4v) is 5.68. The lowest BCUT2D eigenvalue weighted by molar-refractivity contribution is -0.140. The van der Waals surface area contributed by atoms with E-state index in [0.29, 0.717) is 18.8 Å². The largest absolute Gasteiger partial charge is 0.507 e. The second kappa shape index (κ2) is 10.3. The van der Waals surface area contributed by atoms with Gasteiger partial charge in [-0.2, -0.15) is 4.31 Å². The van der Waals surface area contributed by atoms with E-state index in [2.05, 4.69) is 0 Å². The highest BCUT2D eigenvalue weighted by atomic mass is 32.2. The number of aliphatic hydroxyl groups is 1. The van der Waals surface area contributed by atoms with Gasteiger partial charge in [-0.3, -0.25) is 9.59 Å². The monoisotopic (exact) mass is 500 g/mol. The molecule has 0 radical (unpaired) electrons. The first kappa shape index (κ1) is 25.1. The fraction of sp³-hybridized carbons (Fsp3) is 0.360. The quantitative estimate of drug-likeness (QED) is 0.352. The van der Waals surface area contributed by atoms with E-state index in [0.717, 1.165) is 5.56 Å². The van der Waals surface area contributed by atoms with Gasteiger partial charge in [-0.05, 0) is 36.8 Å². The van der Waals surface area contributed by atoms with Crippen LogP contribution in [0.25, 0.3) is 5.76 Å². The number of morpholine rings is 1. The zero-order valence-electron chi connectivity index (χ0n) is 19.6. The lowest BCUT2D eigenvalue weighted by Crippen LogP contribution is -2.40. The maximum Gasteiger partial charge on any atom is 0.295 e. The molecule has 35 heavy (non-hydrogen) atoms. The maximum atomic E-state index is 13.0. The Morgan fingerprint density at radius 1 is 1.06 bits per heavy atom. The minimum atomic E-state index is -3.71. The SMILES string of the molecule is COCCN1C(=O)C(=O)C(=C(O)c2ccc(S(=O)(=O)N3CCOCC3)cc2)[C@H]1c1ccc(C)cc1. The minimum absolute atomic E-state index is 0.0428. The van der Waals surface area contributed by atoms with Crippen molar-refractivity contribution in [3.8, 4) is 0 Å². The van der Waals surface area contributed by atoms with Gasteiger partial charge >= 0.3 is 0 Å². The molecule has 0 bridgehead atoms. The van der Waals surface area contributed by atoms with Gasteiger partial charge in [0, 0.05) is 32.3 Å². The number of methoxy groups -OCH3 is 1. The Morgan fingerprint density at radius 3 is 2.29 bits per heavy atom. The number of Topliss-reactive ketones (excluding diaryl/α,β-unsaturated/α-hetero) is 1. The van der Waals surface area contributed by atoms with E-state index in [9.17, 15) is 23.1 Å². The molecule has 0 unspecified atom stereocenters. The van der Waals surface area contributed by atoms with E-state index in [-0.39, 0.29) is 48.0 Å². The number of hydrogen-bond acceptors (Lipinski definition) is 7. The van der Waals surface area contributed by atoms with Crippen LogP contribution in [-0.4, -0.2) is 81.0 Å². The van der Waals surface area contributed by atoms with Gasteiger partial charge in [0.1, 0.15) is 5.76 Å². The van der Waals surface area contributed by atoms with Crippen LogP contribution in [0.5, 0.6) is 0 Å². The number of ether oxygens (including phenoxy) is 2. The molecule has 2 saturated heterocycles. The molecule has 0 aromatic heterocycles. The average Bonchev–Trinajstić information content (AvgIpc) is 3.13. The minimum Gasteiger partial charge on any atom is -0.507 e. The van der Waals surface area contributed by atoms with Crippen molar-refractivity contribution in [2.45, 2.75) is 17.9 Å². The summed E-state index contributed by atoms with van der Waals surface area (Å²) in [5, 5.41) is 11.2. The zero-order valence-corrected chi connectivity index (χ0v) is 20.5. The number of aryl methyl sites for hydroxylation is 1. The van der Waals surface area contributed by atoms with E-state index >= 15 is 0 Å². The zero-order chi connectivity index (χ0) is 25.2. The topological polar surface area (TPSA) is 113 Å². The molecule has 0 saturated carbocycles. The Bertz CT molecular complexity index is 1230. The summed E-state index contributed by atoms with van der Waals surface area (Å²) in [6.45, 7) is 3.53. The molecule has 0 spiro atoms. The van der Waals surface area contributed by atoms with E-state index in [1.54, 1.807) is 0 Å². The number of nitrogens with zero attached hydrogens (tertiary/aromatic N) is 2. The van der Waals surface area contributed by atoms with Crippen molar-refractivity contribution in [3.63, 3.8) is 0 Å². The first-order chi connectivity index (χ1) is 16.8. The highest BCUT2D eigenvalue weighted by Gasteiger charge is 2.45. The standard InChI is InChI=1S/C25H28N2O7S/c1-17-3-5-18(6-4-17)22-21(24(29)25(30)27(22)13-14-33-2)23(28)19-7-9-20(10-8-19)35(31,32)26-11-15-34-16-12-26/h3-10,22,28H,11-16H2,1-2H3/t22-/m1/s1. The highest BCUT2D eigenvalue weighted by molar-refractivity contribution is 7.89. The van der Waals surface area contributed by atoms with Crippen LogP contribution in [0.15, 0.2) is 59.0 Å². The van der Waals surface area contributed by atoms with Gasteiger partial charge in [0.25, 0.3) is 11.7 Å². The van der Waals surface area contributed by atoms with Crippen molar-refractivity contribution in [3.05, 3.63) is 70.8 Å². The Balaban J connectivity index is 1.73. The number of amides is 1.